The Morgan fingerprint density at radius 2 is 1.89 bits per heavy atom. The van der Waals surface area contributed by atoms with E-state index in [1.54, 1.807) is 6.07 Å². The molecule has 0 aliphatic carbocycles. The van der Waals surface area contributed by atoms with Crippen LogP contribution >= 0.6 is 0 Å². The van der Waals surface area contributed by atoms with Crippen molar-refractivity contribution in [3.05, 3.63) is 23.4 Å². The molecule has 1 aromatic rings. The molecule has 5 heteroatoms. The van der Waals surface area contributed by atoms with Gasteiger partial charge in [-0.05, 0) is 4.98 Å². The van der Waals surface area contributed by atoms with Crippen LogP contribution in [0.25, 0.3) is 4.98 Å². The Bertz CT molecular complexity index is 204. The lowest BCUT2D eigenvalue weighted by atomic mass is 10.7. The van der Waals surface area contributed by atoms with E-state index in [1.165, 1.54) is 12.4 Å². The van der Waals surface area contributed by atoms with Gasteiger partial charge in [0.25, 0.3) is 0 Å². The van der Waals surface area contributed by atoms with Crippen LogP contribution in [0.5, 0.6) is 0 Å². The molecule has 1 aromatic heterocycles. The number of aromatic nitrogens is 2. The SMILES string of the molecule is N#[N+]c1ncccn1.[Cl-]. The molecule has 0 unspecified atom stereocenters. The van der Waals surface area contributed by atoms with E-state index in [-0.39, 0.29) is 18.4 Å². The molecule has 9 heavy (non-hydrogen) atoms. The molecular formula is C4H3ClN4. The number of hydrogen-bond donors (Lipinski definition) is 0. The molecule has 1 heterocycles. The number of nitrogens with zero attached hydrogens (tertiary/aromatic N) is 4. The maximum absolute atomic E-state index is 8.04. The highest BCUT2D eigenvalue weighted by molar-refractivity contribution is 5.20. The minimum atomic E-state index is 0. The van der Waals surface area contributed by atoms with E-state index >= 15 is 0 Å². The van der Waals surface area contributed by atoms with Gasteiger partial charge in [0.05, 0.1) is 5.39 Å². The number of hydrogen-bond acceptors (Lipinski definition) is 3. The highest BCUT2D eigenvalue weighted by atomic mass is 35.5. The number of diazo groups is 1. The molecule has 1 rings (SSSR count). The van der Waals surface area contributed by atoms with Gasteiger partial charge in [0.15, 0.2) is 0 Å². The molecule has 0 bridgehead atoms. The van der Waals surface area contributed by atoms with Crippen LogP contribution in [0.3, 0.4) is 0 Å². The van der Waals surface area contributed by atoms with E-state index in [4.69, 9.17) is 5.39 Å². The van der Waals surface area contributed by atoms with Gasteiger partial charge in [0, 0.05) is 6.07 Å². The summed E-state index contributed by atoms with van der Waals surface area (Å²) < 4.78 is 0. The first-order valence-corrected chi connectivity index (χ1v) is 2.05. The van der Waals surface area contributed by atoms with Crippen LogP contribution in [-0.2, 0) is 0 Å². The quantitative estimate of drug-likeness (QED) is 0.393. The summed E-state index contributed by atoms with van der Waals surface area (Å²) in [5, 5.41) is 8.04. The fraction of sp³-hybridized carbons (Fsp3) is 0. The van der Waals surface area contributed by atoms with E-state index in [9.17, 15) is 0 Å². The Balaban J connectivity index is 0.000000640. The highest BCUT2D eigenvalue weighted by Gasteiger charge is 2.00. The van der Waals surface area contributed by atoms with E-state index in [0.29, 0.717) is 0 Å². The average molecular weight is 143 g/mol. The fourth-order valence-corrected chi connectivity index (χ4v) is 0.343. The summed E-state index contributed by atoms with van der Waals surface area (Å²) in [5.74, 6) is 0.0903. The zero-order chi connectivity index (χ0) is 5.82. The predicted octanol–water partition coefficient (Wildman–Crippen LogP) is -2.03. The highest BCUT2D eigenvalue weighted by Crippen LogP contribution is 1.95. The van der Waals surface area contributed by atoms with Crippen molar-refractivity contribution in [1.29, 1.82) is 5.39 Å². The third kappa shape index (κ3) is 2.02. The van der Waals surface area contributed by atoms with Gasteiger partial charge in [-0.2, -0.15) is 0 Å². The summed E-state index contributed by atoms with van der Waals surface area (Å²) in [6.45, 7) is 0. The van der Waals surface area contributed by atoms with Gasteiger partial charge in [-0.1, -0.05) is 9.97 Å². The largest absolute Gasteiger partial charge is 1.00 e. The number of halogens is 1. The first kappa shape index (κ1) is 7.79. The lowest BCUT2D eigenvalue weighted by molar-refractivity contribution is -0.00000204. The monoisotopic (exact) mass is 142 g/mol. The normalized spacial score (nSPS) is 7.00. The molecule has 0 N–H and O–H groups in total. The van der Waals surface area contributed by atoms with Crippen LogP contribution in [0.15, 0.2) is 18.5 Å². The first-order chi connectivity index (χ1) is 3.93. The lowest BCUT2D eigenvalue weighted by Crippen LogP contribution is -3.00. The standard InChI is InChI=1S/C4H3N4.ClH/c5-8-4-6-2-1-3-7-4;/h1-3H;1H/q+1;/p-1. The van der Waals surface area contributed by atoms with Gasteiger partial charge >= 0.3 is 5.95 Å². The molecule has 0 saturated carbocycles. The van der Waals surface area contributed by atoms with Gasteiger partial charge in [0.1, 0.15) is 12.4 Å². The summed E-state index contributed by atoms with van der Waals surface area (Å²) in [4.78, 5) is 9.89. The van der Waals surface area contributed by atoms with Crippen molar-refractivity contribution in [2.75, 3.05) is 0 Å². The molecule has 46 valence electrons. The zero-order valence-corrected chi connectivity index (χ0v) is 5.15. The Morgan fingerprint density at radius 3 is 2.22 bits per heavy atom. The molecule has 0 radical (unpaired) electrons. The topological polar surface area (TPSA) is 53.9 Å². The second-order valence-electron chi connectivity index (χ2n) is 1.15. The van der Waals surface area contributed by atoms with Crippen molar-refractivity contribution in [2.45, 2.75) is 0 Å². The molecule has 4 nitrogen and oxygen atoms in total. The van der Waals surface area contributed by atoms with Crippen LogP contribution in [0.4, 0.5) is 5.95 Å². The first-order valence-electron chi connectivity index (χ1n) is 2.05. The minimum absolute atomic E-state index is 0. The Labute approximate surface area is 58.0 Å². The summed E-state index contributed by atoms with van der Waals surface area (Å²) in [6.07, 6.45) is 3.00. The van der Waals surface area contributed by atoms with E-state index < -0.39 is 0 Å². The van der Waals surface area contributed by atoms with Gasteiger partial charge in [0.2, 0.25) is 0 Å². The van der Waals surface area contributed by atoms with E-state index in [1.807, 2.05) is 0 Å². The second kappa shape index (κ2) is 3.75. The molecule has 0 aromatic carbocycles. The molecule has 0 atom stereocenters. The van der Waals surface area contributed by atoms with Gasteiger partial charge in [-0.3, -0.25) is 0 Å². The van der Waals surface area contributed by atoms with Crippen LogP contribution in [0, 0.1) is 5.39 Å². The summed E-state index contributed by atoms with van der Waals surface area (Å²) in [5.41, 5.74) is 0. The number of rotatable bonds is 0. The third-order valence-corrected chi connectivity index (χ3v) is 0.642. The van der Waals surface area contributed by atoms with Crippen molar-refractivity contribution in [3.63, 3.8) is 0 Å². The molecular weight excluding hydrogens is 140 g/mol. The van der Waals surface area contributed by atoms with Gasteiger partial charge < -0.3 is 12.4 Å². The third-order valence-electron chi connectivity index (χ3n) is 0.642. The van der Waals surface area contributed by atoms with Crippen LogP contribution in [0.1, 0.15) is 0 Å². The Morgan fingerprint density at radius 1 is 1.33 bits per heavy atom. The molecule has 0 amide bonds. The van der Waals surface area contributed by atoms with Crippen molar-refractivity contribution in [3.8, 4) is 0 Å². The average Bonchev–Trinajstić information content (AvgIpc) is 1.90. The molecule has 0 fully saturated rings. The van der Waals surface area contributed by atoms with E-state index in [0.717, 1.165) is 0 Å². The fourth-order valence-electron chi connectivity index (χ4n) is 0.343. The molecule has 0 aliphatic heterocycles. The summed E-state index contributed by atoms with van der Waals surface area (Å²) >= 11 is 0. The summed E-state index contributed by atoms with van der Waals surface area (Å²) in [6, 6.07) is 1.65. The second-order valence-corrected chi connectivity index (χ2v) is 1.15. The van der Waals surface area contributed by atoms with Crippen molar-refractivity contribution >= 4 is 5.95 Å². The molecule has 0 spiro atoms. The smallest absolute Gasteiger partial charge is 0.561 e. The van der Waals surface area contributed by atoms with Crippen molar-refractivity contribution in [1.82, 2.24) is 9.97 Å². The lowest BCUT2D eigenvalue weighted by Gasteiger charge is -1.64. The van der Waals surface area contributed by atoms with Crippen LogP contribution in [0.2, 0.25) is 0 Å². The predicted molar refractivity (Wildman–Crippen MR) is 26.8 cm³/mol. The van der Waals surface area contributed by atoms with Crippen LogP contribution < -0.4 is 12.4 Å². The van der Waals surface area contributed by atoms with Gasteiger partial charge in [-0.15, -0.1) is 0 Å². The Kier molecular flexibility index (Phi) is 3.25. The van der Waals surface area contributed by atoms with Gasteiger partial charge in [-0.25, -0.2) is 0 Å². The minimum Gasteiger partial charge on any atom is -1.00 e. The van der Waals surface area contributed by atoms with E-state index in [2.05, 4.69) is 14.9 Å². The molecule has 0 aliphatic rings. The maximum Gasteiger partial charge on any atom is 0.561 e. The van der Waals surface area contributed by atoms with Crippen LogP contribution in [-0.4, -0.2) is 9.97 Å². The van der Waals surface area contributed by atoms with Crippen molar-refractivity contribution in [2.24, 2.45) is 0 Å². The summed E-state index contributed by atoms with van der Waals surface area (Å²) in [7, 11) is 0. The van der Waals surface area contributed by atoms with Crippen molar-refractivity contribution < 1.29 is 12.4 Å². The Hall–Kier alpha value is -1.21. The molecule has 0 saturated heterocycles. The zero-order valence-electron chi connectivity index (χ0n) is 4.40. The maximum atomic E-state index is 8.04.